The molecule has 1 aliphatic heterocycles. The van der Waals surface area contributed by atoms with E-state index in [4.69, 9.17) is 0 Å². The van der Waals surface area contributed by atoms with Crippen LogP contribution in [0.1, 0.15) is 43.0 Å². The zero-order valence-corrected chi connectivity index (χ0v) is 16.6. The largest absolute Gasteiger partial charge is 0.375 e. The number of halogens is 2. The summed E-state index contributed by atoms with van der Waals surface area (Å²) in [5, 5.41) is 3.34. The number of unbranched alkanes of at least 4 members (excludes halogenated alkanes) is 1. The molecule has 0 aliphatic carbocycles. The van der Waals surface area contributed by atoms with Gasteiger partial charge in [0, 0.05) is 37.9 Å². The van der Waals surface area contributed by atoms with Crippen molar-refractivity contribution in [3.63, 3.8) is 0 Å². The van der Waals surface area contributed by atoms with Gasteiger partial charge in [0.2, 0.25) is 0 Å². The first-order valence-electron chi connectivity index (χ1n) is 8.42. The number of anilines is 1. The molecule has 1 fully saturated rings. The van der Waals surface area contributed by atoms with Crippen LogP contribution in [0.2, 0.25) is 0 Å². The Morgan fingerprint density at radius 2 is 1.71 bits per heavy atom. The van der Waals surface area contributed by atoms with Crippen molar-refractivity contribution in [2.45, 2.75) is 38.6 Å². The van der Waals surface area contributed by atoms with E-state index < -0.39 is 0 Å². The maximum Gasteiger partial charge on any atom is 0.253 e. The predicted molar refractivity (Wildman–Crippen MR) is 107 cm³/mol. The molecule has 2 rings (SSSR count). The van der Waals surface area contributed by atoms with Gasteiger partial charge in [-0.15, -0.1) is 24.8 Å². The number of rotatable bonds is 6. The first-order chi connectivity index (χ1) is 10.6. The number of carbonyl (C=O) groups excluding carboxylic acids is 1. The van der Waals surface area contributed by atoms with Crippen molar-refractivity contribution < 1.29 is 4.79 Å². The van der Waals surface area contributed by atoms with Gasteiger partial charge in [0.05, 0.1) is 0 Å². The van der Waals surface area contributed by atoms with Crippen molar-refractivity contribution in [3.05, 3.63) is 29.8 Å². The average molecular weight is 376 g/mol. The van der Waals surface area contributed by atoms with Crippen LogP contribution in [0.25, 0.3) is 0 Å². The summed E-state index contributed by atoms with van der Waals surface area (Å²) in [7, 11) is 4.03. The van der Waals surface area contributed by atoms with Gasteiger partial charge in [0.1, 0.15) is 0 Å². The van der Waals surface area contributed by atoms with Crippen LogP contribution in [0, 0.1) is 0 Å². The van der Waals surface area contributed by atoms with Crippen LogP contribution in [-0.4, -0.2) is 50.6 Å². The third kappa shape index (κ3) is 6.15. The molecule has 4 nitrogen and oxygen atoms in total. The number of hydrogen-bond acceptors (Lipinski definition) is 3. The van der Waals surface area contributed by atoms with Gasteiger partial charge in [-0.25, -0.2) is 0 Å². The molecule has 0 unspecified atom stereocenters. The van der Waals surface area contributed by atoms with E-state index in [1.54, 1.807) is 0 Å². The first kappa shape index (κ1) is 23.0. The summed E-state index contributed by atoms with van der Waals surface area (Å²) in [5.41, 5.74) is 1.96. The summed E-state index contributed by atoms with van der Waals surface area (Å²) in [6, 6.07) is 8.38. The Labute approximate surface area is 158 Å². The van der Waals surface area contributed by atoms with Gasteiger partial charge in [0.15, 0.2) is 0 Å². The molecule has 0 atom stereocenters. The van der Waals surface area contributed by atoms with Crippen LogP contribution in [-0.2, 0) is 0 Å². The maximum atomic E-state index is 12.6. The topological polar surface area (TPSA) is 35.6 Å². The van der Waals surface area contributed by atoms with E-state index in [-0.39, 0.29) is 30.7 Å². The second kappa shape index (κ2) is 11.6. The minimum Gasteiger partial charge on any atom is -0.375 e. The van der Waals surface area contributed by atoms with Gasteiger partial charge in [-0.2, -0.15) is 0 Å². The number of nitrogens with zero attached hydrogens (tertiary/aromatic N) is 2. The Morgan fingerprint density at radius 3 is 2.25 bits per heavy atom. The highest BCUT2D eigenvalue weighted by molar-refractivity contribution is 5.94. The summed E-state index contributed by atoms with van der Waals surface area (Å²) in [6.45, 7) is 5.26. The summed E-state index contributed by atoms with van der Waals surface area (Å²) in [4.78, 5) is 16.7. The minimum absolute atomic E-state index is 0. The van der Waals surface area contributed by atoms with E-state index in [0.29, 0.717) is 6.04 Å². The second-order valence-electron chi connectivity index (χ2n) is 6.22. The number of piperidine rings is 1. The SMILES string of the molecule is CCCCN(C)c1ccc(C(=O)N(C)C2CCNCC2)cc1.Cl.Cl. The van der Waals surface area contributed by atoms with E-state index in [9.17, 15) is 4.79 Å². The number of amides is 1. The van der Waals surface area contributed by atoms with E-state index in [1.165, 1.54) is 18.5 Å². The van der Waals surface area contributed by atoms with E-state index in [2.05, 4.69) is 36.3 Å². The van der Waals surface area contributed by atoms with Crippen molar-refractivity contribution in [1.29, 1.82) is 0 Å². The summed E-state index contributed by atoms with van der Waals surface area (Å²) >= 11 is 0. The molecule has 0 bridgehead atoms. The molecule has 1 aromatic carbocycles. The number of carbonyl (C=O) groups is 1. The lowest BCUT2D eigenvalue weighted by Gasteiger charge is -2.31. The van der Waals surface area contributed by atoms with Crippen LogP contribution in [0.15, 0.2) is 24.3 Å². The molecule has 6 heteroatoms. The van der Waals surface area contributed by atoms with Crippen LogP contribution < -0.4 is 10.2 Å². The van der Waals surface area contributed by atoms with Gasteiger partial charge >= 0.3 is 0 Å². The van der Waals surface area contributed by atoms with Crippen molar-refractivity contribution in [3.8, 4) is 0 Å². The van der Waals surface area contributed by atoms with Crippen LogP contribution >= 0.6 is 24.8 Å². The predicted octanol–water partition coefficient (Wildman–Crippen LogP) is 3.59. The fraction of sp³-hybridized carbons (Fsp3) is 0.611. The number of nitrogens with one attached hydrogen (secondary N) is 1. The highest BCUT2D eigenvalue weighted by atomic mass is 35.5. The lowest BCUT2D eigenvalue weighted by Crippen LogP contribution is -2.43. The van der Waals surface area contributed by atoms with Gasteiger partial charge in [-0.3, -0.25) is 4.79 Å². The fourth-order valence-corrected chi connectivity index (χ4v) is 2.95. The summed E-state index contributed by atoms with van der Waals surface area (Å²) < 4.78 is 0. The third-order valence-electron chi connectivity index (χ3n) is 4.58. The van der Waals surface area contributed by atoms with Gasteiger partial charge in [-0.1, -0.05) is 13.3 Å². The highest BCUT2D eigenvalue weighted by Crippen LogP contribution is 2.18. The Morgan fingerprint density at radius 1 is 1.12 bits per heavy atom. The lowest BCUT2D eigenvalue weighted by molar-refractivity contribution is 0.0703. The molecule has 0 saturated carbocycles. The molecule has 0 aromatic heterocycles. The third-order valence-corrected chi connectivity index (χ3v) is 4.58. The molecule has 1 saturated heterocycles. The second-order valence-corrected chi connectivity index (χ2v) is 6.22. The van der Waals surface area contributed by atoms with E-state index in [0.717, 1.165) is 38.0 Å². The van der Waals surface area contributed by atoms with Crippen molar-refractivity contribution in [2.75, 3.05) is 38.6 Å². The monoisotopic (exact) mass is 375 g/mol. The minimum atomic E-state index is 0. The van der Waals surface area contributed by atoms with Crippen LogP contribution in [0.5, 0.6) is 0 Å². The van der Waals surface area contributed by atoms with Crippen molar-refractivity contribution >= 4 is 36.4 Å². The first-order valence-corrected chi connectivity index (χ1v) is 8.42. The van der Waals surface area contributed by atoms with E-state index in [1.807, 2.05) is 24.1 Å². The fourth-order valence-electron chi connectivity index (χ4n) is 2.95. The molecule has 0 spiro atoms. The smallest absolute Gasteiger partial charge is 0.253 e. The van der Waals surface area contributed by atoms with Gasteiger partial charge in [0.25, 0.3) is 5.91 Å². The Balaban J connectivity index is 0.00000264. The molecule has 138 valence electrons. The molecule has 24 heavy (non-hydrogen) atoms. The quantitative estimate of drug-likeness (QED) is 0.824. The maximum absolute atomic E-state index is 12.6. The highest BCUT2D eigenvalue weighted by Gasteiger charge is 2.22. The molecule has 0 radical (unpaired) electrons. The standard InChI is InChI=1S/C18H29N3O.2ClH/c1-4-5-14-20(2)16-8-6-15(7-9-16)18(22)21(3)17-10-12-19-13-11-17;;/h6-9,17,19H,4-5,10-14H2,1-3H3;2*1H. The Hall–Kier alpha value is -0.970. The zero-order chi connectivity index (χ0) is 15.9. The van der Waals surface area contributed by atoms with Gasteiger partial charge in [-0.05, 0) is 56.6 Å². The van der Waals surface area contributed by atoms with Crippen molar-refractivity contribution in [2.24, 2.45) is 0 Å². The Kier molecular flexibility index (Phi) is 11.1. The molecule has 1 aromatic rings. The average Bonchev–Trinajstić information content (AvgIpc) is 2.59. The molecule has 1 amide bonds. The van der Waals surface area contributed by atoms with Crippen LogP contribution in [0.3, 0.4) is 0 Å². The summed E-state index contributed by atoms with van der Waals surface area (Å²) in [5.74, 6) is 0.134. The zero-order valence-electron chi connectivity index (χ0n) is 15.0. The molecule has 1 heterocycles. The molecule has 1 aliphatic rings. The normalized spacial score (nSPS) is 14.3. The van der Waals surface area contributed by atoms with Gasteiger partial charge < -0.3 is 15.1 Å². The summed E-state index contributed by atoms with van der Waals surface area (Å²) in [6.07, 6.45) is 4.47. The number of hydrogen-bond donors (Lipinski definition) is 1. The van der Waals surface area contributed by atoms with E-state index >= 15 is 0 Å². The Bertz CT molecular complexity index is 476. The van der Waals surface area contributed by atoms with Crippen LogP contribution in [0.4, 0.5) is 5.69 Å². The molecule has 1 N–H and O–H groups in total. The molecular formula is C18H31Cl2N3O. The molecular weight excluding hydrogens is 345 g/mol. The lowest BCUT2D eigenvalue weighted by atomic mass is 10.0. The van der Waals surface area contributed by atoms with Crippen molar-refractivity contribution in [1.82, 2.24) is 10.2 Å². The number of benzene rings is 1.